The second-order valence-electron chi connectivity index (χ2n) is 5.15. The molecule has 2 N–H and O–H groups in total. The number of hydrogen-bond donors (Lipinski definition) is 2. The zero-order valence-corrected chi connectivity index (χ0v) is 14.9. The Balaban J connectivity index is 2.75. The topological polar surface area (TPSA) is 58.2 Å². The smallest absolute Gasteiger partial charge is 0.240 e. The Morgan fingerprint density at radius 1 is 1.19 bits per heavy atom. The minimum atomic E-state index is -3.42. The molecule has 0 saturated heterocycles. The van der Waals surface area contributed by atoms with Crippen LogP contribution < -0.4 is 10.0 Å². The summed E-state index contributed by atoms with van der Waals surface area (Å²) >= 11 is 1.72. The molecule has 2 atom stereocenters. The number of hydrogen-bond acceptors (Lipinski definition) is 4. The number of thioether (sulfide) groups is 1. The largest absolute Gasteiger partial charge is 0.310 e. The molecule has 1 aromatic rings. The van der Waals surface area contributed by atoms with Crippen LogP contribution in [0.1, 0.15) is 38.8 Å². The van der Waals surface area contributed by atoms with Gasteiger partial charge in [-0.2, -0.15) is 11.8 Å². The molecular formula is C15H26N2O2S2. The van der Waals surface area contributed by atoms with E-state index in [0.717, 1.165) is 24.3 Å². The maximum Gasteiger partial charge on any atom is 0.240 e. The summed E-state index contributed by atoms with van der Waals surface area (Å²) in [4.78, 5) is 0.325. The summed E-state index contributed by atoms with van der Waals surface area (Å²) in [6.45, 7) is 6.90. The highest BCUT2D eigenvalue weighted by Crippen LogP contribution is 2.16. The molecule has 2 unspecified atom stereocenters. The van der Waals surface area contributed by atoms with E-state index in [4.69, 9.17) is 0 Å². The van der Waals surface area contributed by atoms with E-state index in [-0.39, 0.29) is 12.1 Å². The molecule has 1 aromatic carbocycles. The van der Waals surface area contributed by atoms with Crippen LogP contribution in [0.25, 0.3) is 0 Å². The van der Waals surface area contributed by atoms with Gasteiger partial charge in [-0.25, -0.2) is 13.1 Å². The third kappa shape index (κ3) is 5.98. The number of nitrogens with one attached hydrogen (secondary N) is 2. The minimum absolute atomic E-state index is 0.0530. The molecule has 0 fully saturated rings. The van der Waals surface area contributed by atoms with Crippen molar-refractivity contribution in [1.29, 1.82) is 0 Å². The summed E-state index contributed by atoms with van der Waals surface area (Å²) < 4.78 is 27.3. The van der Waals surface area contributed by atoms with Gasteiger partial charge in [-0.05, 0) is 56.5 Å². The van der Waals surface area contributed by atoms with E-state index < -0.39 is 10.0 Å². The van der Waals surface area contributed by atoms with Crippen molar-refractivity contribution in [2.45, 2.75) is 44.2 Å². The van der Waals surface area contributed by atoms with Crippen molar-refractivity contribution in [2.24, 2.45) is 0 Å². The lowest BCUT2D eigenvalue weighted by Crippen LogP contribution is -2.33. The van der Waals surface area contributed by atoms with Crippen LogP contribution in [-0.2, 0) is 10.0 Å². The van der Waals surface area contributed by atoms with Gasteiger partial charge < -0.3 is 5.32 Å². The fourth-order valence-electron chi connectivity index (χ4n) is 2.05. The molecule has 4 nitrogen and oxygen atoms in total. The summed E-state index contributed by atoms with van der Waals surface area (Å²) in [6.07, 6.45) is 2.85. The van der Waals surface area contributed by atoms with E-state index in [0.29, 0.717) is 4.90 Å². The summed E-state index contributed by atoms with van der Waals surface area (Å²) in [5, 5.41) is 3.31. The SMILES string of the molecule is CCNC(C)c1ccc(S(=O)(=O)NC(C)CCSC)cc1. The third-order valence-corrected chi connectivity index (χ3v) is 5.56. The second kappa shape index (κ2) is 8.78. The first-order valence-corrected chi connectivity index (χ1v) is 10.1. The van der Waals surface area contributed by atoms with Crippen LogP contribution in [0.2, 0.25) is 0 Å². The van der Waals surface area contributed by atoms with Crippen molar-refractivity contribution in [2.75, 3.05) is 18.6 Å². The molecule has 0 bridgehead atoms. The molecule has 6 heteroatoms. The van der Waals surface area contributed by atoms with Crippen molar-refractivity contribution in [1.82, 2.24) is 10.0 Å². The van der Waals surface area contributed by atoms with Crippen LogP contribution in [-0.4, -0.2) is 33.0 Å². The summed E-state index contributed by atoms with van der Waals surface area (Å²) in [7, 11) is -3.42. The molecule has 120 valence electrons. The van der Waals surface area contributed by atoms with Gasteiger partial charge in [0.15, 0.2) is 0 Å². The highest BCUT2D eigenvalue weighted by molar-refractivity contribution is 7.98. The van der Waals surface area contributed by atoms with Gasteiger partial charge in [0.2, 0.25) is 10.0 Å². The molecule has 0 radical (unpaired) electrons. The highest BCUT2D eigenvalue weighted by atomic mass is 32.2. The predicted octanol–water partition coefficient (Wildman–Crippen LogP) is 2.78. The first kappa shape index (κ1) is 18.5. The van der Waals surface area contributed by atoms with Gasteiger partial charge in [0.1, 0.15) is 0 Å². The molecule has 0 aromatic heterocycles. The molecule has 0 spiro atoms. The quantitative estimate of drug-likeness (QED) is 0.731. The van der Waals surface area contributed by atoms with Crippen molar-refractivity contribution >= 4 is 21.8 Å². The van der Waals surface area contributed by atoms with E-state index >= 15 is 0 Å². The molecule has 0 saturated carbocycles. The van der Waals surface area contributed by atoms with Gasteiger partial charge in [0, 0.05) is 12.1 Å². The fraction of sp³-hybridized carbons (Fsp3) is 0.600. The van der Waals surface area contributed by atoms with E-state index in [2.05, 4.69) is 23.9 Å². The van der Waals surface area contributed by atoms with Crippen molar-refractivity contribution in [3.63, 3.8) is 0 Å². The lowest BCUT2D eigenvalue weighted by molar-refractivity contribution is 0.556. The monoisotopic (exact) mass is 330 g/mol. The lowest BCUT2D eigenvalue weighted by Gasteiger charge is -2.15. The molecule has 0 aliphatic heterocycles. The van der Waals surface area contributed by atoms with E-state index in [1.807, 2.05) is 25.3 Å². The lowest BCUT2D eigenvalue weighted by atomic mass is 10.1. The van der Waals surface area contributed by atoms with Crippen LogP contribution in [0.15, 0.2) is 29.2 Å². The Morgan fingerprint density at radius 3 is 2.33 bits per heavy atom. The Labute approximate surface area is 133 Å². The van der Waals surface area contributed by atoms with Gasteiger partial charge in [0.25, 0.3) is 0 Å². The van der Waals surface area contributed by atoms with Crippen LogP contribution in [0.4, 0.5) is 0 Å². The van der Waals surface area contributed by atoms with Gasteiger partial charge in [0.05, 0.1) is 4.90 Å². The minimum Gasteiger partial charge on any atom is -0.310 e. The zero-order valence-electron chi connectivity index (χ0n) is 13.2. The molecule has 0 aliphatic carbocycles. The summed E-state index contributed by atoms with van der Waals surface area (Å²) in [6, 6.07) is 7.26. The van der Waals surface area contributed by atoms with Gasteiger partial charge in [-0.3, -0.25) is 0 Å². The standard InChI is InChI=1S/C15H26N2O2S2/c1-5-16-13(3)14-6-8-15(9-7-14)21(18,19)17-12(2)10-11-20-4/h6-9,12-13,16-17H,5,10-11H2,1-4H3. The van der Waals surface area contributed by atoms with Crippen molar-refractivity contribution in [3.8, 4) is 0 Å². The maximum absolute atomic E-state index is 12.3. The number of sulfonamides is 1. The zero-order chi connectivity index (χ0) is 15.9. The van der Waals surface area contributed by atoms with Crippen LogP contribution >= 0.6 is 11.8 Å². The van der Waals surface area contributed by atoms with Gasteiger partial charge in [-0.1, -0.05) is 19.1 Å². The Kier molecular flexibility index (Phi) is 7.73. The summed E-state index contributed by atoms with van der Waals surface area (Å²) in [5.74, 6) is 0.947. The first-order valence-electron chi connectivity index (χ1n) is 7.25. The van der Waals surface area contributed by atoms with Crippen molar-refractivity contribution < 1.29 is 8.42 Å². The maximum atomic E-state index is 12.3. The van der Waals surface area contributed by atoms with Gasteiger partial charge in [-0.15, -0.1) is 0 Å². The van der Waals surface area contributed by atoms with Gasteiger partial charge >= 0.3 is 0 Å². The number of benzene rings is 1. The Bertz CT molecular complexity index is 515. The van der Waals surface area contributed by atoms with E-state index in [1.54, 1.807) is 23.9 Å². The normalized spacial score (nSPS) is 14.9. The molecule has 21 heavy (non-hydrogen) atoms. The molecule has 0 aliphatic rings. The highest BCUT2D eigenvalue weighted by Gasteiger charge is 2.17. The Morgan fingerprint density at radius 2 is 1.81 bits per heavy atom. The number of rotatable bonds is 9. The van der Waals surface area contributed by atoms with Crippen LogP contribution in [0.3, 0.4) is 0 Å². The van der Waals surface area contributed by atoms with Crippen LogP contribution in [0.5, 0.6) is 0 Å². The average molecular weight is 331 g/mol. The summed E-state index contributed by atoms with van der Waals surface area (Å²) in [5.41, 5.74) is 1.09. The first-order chi connectivity index (χ1) is 9.90. The third-order valence-electron chi connectivity index (χ3n) is 3.31. The van der Waals surface area contributed by atoms with E-state index in [9.17, 15) is 8.42 Å². The van der Waals surface area contributed by atoms with E-state index in [1.165, 1.54) is 0 Å². The molecule has 1 rings (SSSR count). The molecule has 0 amide bonds. The Hall–Kier alpha value is -0.560. The fourth-order valence-corrected chi connectivity index (χ4v) is 3.91. The van der Waals surface area contributed by atoms with Crippen LogP contribution in [0, 0.1) is 0 Å². The second-order valence-corrected chi connectivity index (χ2v) is 7.85. The van der Waals surface area contributed by atoms with Crippen molar-refractivity contribution in [3.05, 3.63) is 29.8 Å². The predicted molar refractivity (Wildman–Crippen MR) is 91.3 cm³/mol. The molecule has 0 heterocycles. The average Bonchev–Trinajstić information content (AvgIpc) is 2.45. The molecular weight excluding hydrogens is 304 g/mol.